The highest BCUT2D eigenvalue weighted by atomic mass is 16.5. The standard InChI is InChI=1S/C12H13N3O2/c1-16-7-2-3-8-10(4-7)17-6-9-12(8)15-11(5-13)14-9/h2-4H,5-6,13H2,1H3,(H,14,15). The summed E-state index contributed by atoms with van der Waals surface area (Å²) in [4.78, 5) is 7.63. The minimum atomic E-state index is 0.401. The van der Waals surface area contributed by atoms with Crippen molar-refractivity contribution in [2.75, 3.05) is 7.11 Å². The number of hydrogen-bond donors (Lipinski definition) is 2. The summed E-state index contributed by atoms with van der Waals surface area (Å²) < 4.78 is 10.8. The average molecular weight is 231 g/mol. The number of ether oxygens (including phenoxy) is 2. The molecule has 3 rings (SSSR count). The fourth-order valence-electron chi connectivity index (χ4n) is 1.98. The number of nitrogens with zero attached hydrogens (tertiary/aromatic N) is 1. The van der Waals surface area contributed by atoms with Crippen LogP contribution in [0.15, 0.2) is 18.2 Å². The molecule has 2 heterocycles. The van der Waals surface area contributed by atoms with Crippen LogP contribution in [-0.2, 0) is 13.2 Å². The van der Waals surface area contributed by atoms with Crippen LogP contribution in [0.1, 0.15) is 11.5 Å². The van der Waals surface area contributed by atoms with Crippen LogP contribution in [0, 0.1) is 0 Å². The van der Waals surface area contributed by atoms with Crippen LogP contribution in [-0.4, -0.2) is 17.1 Å². The maximum absolute atomic E-state index is 5.66. The van der Waals surface area contributed by atoms with E-state index in [1.807, 2.05) is 18.2 Å². The SMILES string of the molecule is COc1ccc2c(c1)OCc1[nH]c(CN)nc1-2. The van der Waals surface area contributed by atoms with Crippen molar-refractivity contribution in [3.8, 4) is 22.8 Å². The quantitative estimate of drug-likeness (QED) is 0.820. The molecule has 1 aromatic heterocycles. The monoisotopic (exact) mass is 231 g/mol. The summed E-state index contributed by atoms with van der Waals surface area (Å²) in [5.41, 5.74) is 8.45. The molecular weight excluding hydrogens is 218 g/mol. The number of H-pyrrole nitrogens is 1. The Morgan fingerprint density at radius 2 is 2.41 bits per heavy atom. The normalized spacial score (nSPS) is 12.6. The summed E-state index contributed by atoms with van der Waals surface area (Å²) in [6, 6.07) is 5.72. The van der Waals surface area contributed by atoms with Gasteiger partial charge in [0.15, 0.2) is 0 Å². The van der Waals surface area contributed by atoms with Crippen molar-refractivity contribution in [1.82, 2.24) is 9.97 Å². The van der Waals surface area contributed by atoms with Crippen LogP contribution >= 0.6 is 0 Å². The van der Waals surface area contributed by atoms with Crippen molar-refractivity contribution in [3.05, 3.63) is 29.7 Å². The number of nitrogens with two attached hydrogens (primary N) is 1. The van der Waals surface area contributed by atoms with E-state index in [0.717, 1.165) is 34.3 Å². The van der Waals surface area contributed by atoms with Crippen molar-refractivity contribution in [1.29, 1.82) is 0 Å². The molecule has 0 unspecified atom stereocenters. The summed E-state index contributed by atoms with van der Waals surface area (Å²) in [7, 11) is 1.64. The number of aromatic amines is 1. The molecule has 5 heteroatoms. The van der Waals surface area contributed by atoms with E-state index in [2.05, 4.69) is 9.97 Å². The van der Waals surface area contributed by atoms with Crippen molar-refractivity contribution < 1.29 is 9.47 Å². The highest BCUT2D eigenvalue weighted by Crippen LogP contribution is 2.38. The van der Waals surface area contributed by atoms with E-state index in [0.29, 0.717) is 13.2 Å². The third-order valence-corrected chi connectivity index (χ3v) is 2.84. The molecule has 88 valence electrons. The van der Waals surface area contributed by atoms with Gasteiger partial charge in [-0.25, -0.2) is 4.98 Å². The molecule has 0 fully saturated rings. The minimum Gasteiger partial charge on any atom is -0.497 e. The minimum absolute atomic E-state index is 0.401. The van der Waals surface area contributed by atoms with Crippen LogP contribution in [0.25, 0.3) is 11.3 Å². The predicted octanol–water partition coefficient (Wildman–Crippen LogP) is 1.44. The Morgan fingerprint density at radius 1 is 1.53 bits per heavy atom. The molecule has 3 N–H and O–H groups in total. The first-order valence-corrected chi connectivity index (χ1v) is 5.41. The molecule has 2 aromatic rings. The Balaban J connectivity index is 2.12. The molecule has 1 aromatic carbocycles. The van der Waals surface area contributed by atoms with Crippen LogP contribution in [0.5, 0.6) is 11.5 Å². The van der Waals surface area contributed by atoms with E-state index < -0.39 is 0 Å². The number of rotatable bonds is 2. The number of methoxy groups -OCH3 is 1. The first-order valence-electron chi connectivity index (χ1n) is 5.41. The molecule has 5 nitrogen and oxygen atoms in total. The van der Waals surface area contributed by atoms with E-state index in [1.54, 1.807) is 7.11 Å². The van der Waals surface area contributed by atoms with Crippen LogP contribution in [0.2, 0.25) is 0 Å². The molecule has 0 bridgehead atoms. The van der Waals surface area contributed by atoms with Crippen molar-refractivity contribution >= 4 is 0 Å². The lowest BCUT2D eigenvalue weighted by atomic mass is 10.1. The summed E-state index contributed by atoms with van der Waals surface area (Å²) in [6.07, 6.45) is 0. The van der Waals surface area contributed by atoms with Gasteiger partial charge in [0.1, 0.15) is 23.9 Å². The number of benzene rings is 1. The second-order valence-electron chi connectivity index (χ2n) is 3.87. The molecular formula is C12H13N3O2. The van der Waals surface area contributed by atoms with Gasteiger partial charge in [0.2, 0.25) is 0 Å². The topological polar surface area (TPSA) is 73.2 Å². The van der Waals surface area contributed by atoms with Gasteiger partial charge in [-0.3, -0.25) is 0 Å². The largest absolute Gasteiger partial charge is 0.497 e. The molecule has 0 aliphatic carbocycles. The smallest absolute Gasteiger partial charge is 0.133 e. The maximum Gasteiger partial charge on any atom is 0.133 e. The molecule has 0 atom stereocenters. The van der Waals surface area contributed by atoms with Gasteiger partial charge in [-0.1, -0.05) is 0 Å². The number of hydrogen-bond acceptors (Lipinski definition) is 4. The van der Waals surface area contributed by atoms with Gasteiger partial charge in [-0.15, -0.1) is 0 Å². The Morgan fingerprint density at radius 3 is 3.18 bits per heavy atom. The number of fused-ring (bicyclic) bond motifs is 3. The fourth-order valence-corrected chi connectivity index (χ4v) is 1.98. The van der Waals surface area contributed by atoms with E-state index >= 15 is 0 Å². The highest BCUT2D eigenvalue weighted by Gasteiger charge is 2.21. The van der Waals surface area contributed by atoms with E-state index in [4.69, 9.17) is 15.2 Å². The first kappa shape index (κ1) is 10.2. The zero-order valence-corrected chi connectivity index (χ0v) is 9.49. The molecule has 0 spiro atoms. The van der Waals surface area contributed by atoms with Crippen LogP contribution in [0.3, 0.4) is 0 Å². The molecule has 1 aliphatic heterocycles. The van der Waals surface area contributed by atoms with E-state index in [9.17, 15) is 0 Å². The summed E-state index contributed by atoms with van der Waals surface area (Å²) >= 11 is 0. The zero-order valence-electron chi connectivity index (χ0n) is 9.49. The van der Waals surface area contributed by atoms with Gasteiger partial charge in [0.25, 0.3) is 0 Å². The lowest BCUT2D eigenvalue weighted by Crippen LogP contribution is -2.05. The number of aromatic nitrogens is 2. The van der Waals surface area contributed by atoms with Gasteiger partial charge in [-0.05, 0) is 12.1 Å². The van der Waals surface area contributed by atoms with Crippen LogP contribution in [0.4, 0.5) is 0 Å². The summed E-state index contributed by atoms with van der Waals surface area (Å²) in [5, 5.41) is 0. The Labute approximate surface area is 98.6 Å². The molecule has 0 saturated carbocycles. The number of nitrogens with one attached hydrogen (secondary N) is 1. The number of imidazole rings is 1. The Kier molecular flexibility index (Phi) is 2.26. The van der Waals surface area contributed by atoms with Gasteiger partial charge in [0, 0.05) is 11.6 Å². The zero-order chi connectivity index (χ0) is 11.8. The van der Waals surface area contributed by atoms with Gasteiger partial charge < -0.3 is 20.2 Å². The third kappa shape index (κ3) is 1.55. The summed E-state index contributed by atoms with van der Waals surface area (Å²) in [5.74, 6) is 2.36. The predicted molar refractivity (Wildman–Crippen MR) is 62.8 cm³/mol. The molecule has 17 heavy (non-hydrogen) atoms. The molecule has 0 radical (unpaired) electrons. The fraction of sp³-hybridized carbons (Fsp3) is 0.250. The lowest BCUT2D eigenvalue weighted by Gasteiger charge is -2.17. The summed E-state index contributed by atoms with van der Waals surface area (Å²) in [6.45, 7) is 0.890. The molecule has 0 amide bonds. The van der Waals surface area contributed by atoms with E-state index in [1.165, 1.54) is 0 Å². The van der Waals surface area contributed by atoms with Gasteiger partial charge in [0.05, 0.1) is 25.0 Å². The van der Waals surface area contributed by atoms with Crippen molar-refractivity contribution in [3.63, 3.8) is 0 Å². The Hall–Kier alpha value is -2.01. The third-order valence-electron chi connectivity index (χ3n) is 2.84. The second-order valence-corrected chi connectivity index (χ2v) is 3.87. The first-order chi connectivity index (χ1) is 8.31. The van der Waals surface area contributed by atoms with Crippen LogP contribution < -0.4 is 15.2 Å². The Bertz CT molecular complexity index is 563. The van der Waals surface area contributed by atoms with Gasteiger partial charge in [-0.2, -0.15) is 0 Å². The molecule has 1 aliphatic rings. The van der Waals surface area contributed by atoms with Crippen molar-refractivity contribution in [2.45, 2.75) is 13.2 Å². The second kappa shape index (κ2) is 3.78. The lowest BCUT2D eigenvalue weighted by molar-refractivity contribution is 0.295. The maximum atomic E-state index is 5.66. The van der Waals surface area contributed by atoms with Crippen molar-refractivity contribution in [2.24, 2.45) is 5.73 Å². The van der Waals surface area contributed by atoms with E-state index in [-0.39, 0.29) is 0 Å². The highest BCUT2D eigenvalue weighted by molar-refractivity contribution is 5.72. The molecule has 0 saturated heterocycles. The average Bonchev–Trinajstić information content (AvgIpc) is 2.81. The van der Waals surface area contributed by atoms with Gasteiger partial charge >= 0.3 is 0 Å².